The molecule has 1 aliphatic heterocycles. The van der Waals surface area contributed by atoms with Gasteiger partial charge in [-0.1, -0.05) is 64.1 Å². The second-order valence-corrected chi connectivity index (χ2v) is 23.4. The second-order valence-electron chi connectivity index (χ2n) is 17.8. The zero-order valence-corrected chi connectivity index (χ0v) is 42.1. The van der Waals surface area contributed by atoms with E-state index in [1.807, 2.05) is 11.8 Å². The van der Waals surface area contributed by atoms with Crippen molar-refractivity contribution in [1.29, 1.82) is 0 Å². The van der Waals surface area contributed by atoms with E-state index in [2.05, 4.69) is 0 Å². The maximum Gasteiger partial charge on any atom is 0.324 e. The molecule has 370 valence electrons. The molecule has 18 nitrogen and oxygen atoms in total. The third-order valence-electron chi connectivity index (χ3n) is 12.6. The van der Waals surface area contributed by atoms with Gasteiger partial charge in [-0.25, -0.2) is 0 Å². The van der Waals surface area contributed by atoms with Crippen LogP contribution in [-0.4, -0.2) is 94.3 Å². The lowest BCUT2D eigenvalue weighted by Crippen LogP contribution is -2.42. The number of carbonyl (C=O) groups is 2. The molecule has 1 unspecified atom stereocenters. The first-order valence-corrected chi connectivity index (χ1v) is 27.1. The van der Waals surface area contributed by atoms with Gasteiger partial charge in [0.2, 0.25) is 0 Å². The zero-order valence-electron chi connectivity index (χ0n) is 38.8. The van der Waals surface area contributed by atoms with Gasteiger partial charge < -0.3 is 14.7 Å². The number of rotatable bonds is 14. The number of aryl methyl sites for hydroxylation is 1. The summed E-state index contributed by atoms with van der Waals surface area (Å²) in [5.74, 6) is -2.45. The Hall–Kier alpha value is -5.59. The van der Waals surface area contributed by atoms with Gasteiger partial charge in [0.15, 0.2) is 5.41 Å². The molecule has 0 amide bonds. The Morgan fingerprint density at radius 3 is 1.83 bits per heavy atom. The number of hydrogen-bond donors (Lipinski definition) is 5. The molecule has 5 N–H and O–H groups in total. The van der Waals surface area contributed by atoms with Crippen LogP contribution in [0.3, 0.4) is 0 Å². The van der Waals surface area contributed by atoms with E-state index in [0.29, 0.717) is 63.6 Å². The zero-order chi connectivity index (χ0) is 51.6. The number of likely N-dealkylation sites (N-methyl/N-ethyl adjacent to an activating group) is 1. The molecule has 6 rings (SSSR count). The molecule has 0 fully saturated rings. The van der Waals surface area contributed by atoms with Crippen molar-refractivity contribution in [3.63, 3.8) is 0 Å². The highest BCUT2D eigenvalue weighted by atomic mass is 32.2. The Kier molecular flexibility index (Phi) is 14.0. The minimum absolute atomic E-state index is 0.00446. The summed E-state index contributed by atoms with van der Waals surface area (Å²) >= 11 is 0. The van der Waals surface area contributed by atoms with Gasteiger partial charge in [0.05, 0.1) is 16.4 Å². The first-order valence-electron chi connectivity index (χ1n) is 21.4. The first-order chi connectivity index (χ1) is 31.7. The molecule has 0 saturated carbocycles. The molecule has 0 radical (unpaired) electrons. The summed E-state index contributed by atoms with van der Waals surface area (Å²) in [6.07, 6.45) is 7.58. The van der Waals surface area contributed by atoms with Crippen molar-refractivity contribution in [2.24, 2.45) is 10.4 Å². The summed E-state index contributed by atoms with van der Waals surface area (Å²) in [7, 11) is -20.0. The van der Waals surface area contributed by atoms with Crippen LogP contribution in [0.15, 0.2) is 120 Å². The minimum atomic E-state index is -5.02. The largest absolute Gasteiger partial charge is 0.480 e. The molecule has 22 heteroatoms. The number of nitrogens with zero attached hydrogens (tertiary/aromatic N) is 2. The van der Waals surface area contributed by atoms with Crippen LogP contribution < -0.4 is 4.90 Å². The number of anilines is 1. The molecule has 0 aromatic heterocycles. The molecule has 1 aliphatic carbocycles. The molecule has 0 spiro atoms. The average Bonchev–Trinajstić information content (AvgIpc) is 3.46. The van der Waals surface area contributed by atoms with Crippen molar-refractivity contribution in [1.82, 2.24) is 0 Å². The Labute approximate surface area is 400 Å². The average molecular weight is 1030 g/mol. The van der Waals surface area contributed by atoms with E-state index in [-0.39, 0.29) is 47.5 Å². The topological polar surface area (TPSA) is 297 Å². The SMILES string of the molecule is CCN=C(/C=C/C1=CC(=C/C=C2/N(CC)c3ccc4c(S(=O)(=O)O)cc(S(=O)(=O)O)cc4c3C2(C)C)/CC(C(=O)O)(C(=O)OCC)C1)C(C)(C)c1c(C)ccc2c(S(=O)(=O)O)cc(S(=O)(=O)O)cc12. The van der Waals surface area contributed by atoms with E-state index in [9.17, 15) is 66.6 Å². The summed E-state index contributed by atoms with van der Waals surface area (Å²) in [5.41, 5.74) is -0.712. The fraction of sp³-hybridized carbons (Fsp3) is 0.340. The van der Waals surface area contributed by atoms with E-state index in [4.69, 9.17) is 9.73 Å². The Balaban J connectivity index is 1.54. The number of benzene rings is 4. The highest BCUT2D eigenvalue weighted by Gasteiger charge is 2.50. The standard InChI is InChI=1S/C47H52N2O16S4/c1-9-48-39(45(5,6)41-27(4)12-15-32-34(41)21-30(66(53,54)55)23-37(32)68(59,60)61)18-13-28-20-29(26-47(25-28,43(50)51)44(52)65-11-3)14-19-40-46(7,8)42-35-22-31(67(56,57)58)24-38(69(62,63)64)33(35)16-17-36(42)49(40)10-2/h12-24H,9-11,25-26H2,1-8H3,(H,50,51)(H,53,54,55)(H,56,57,58)(H,59,60,61)(H,62,63,64)/b18-13+,29-14-,40-19+,48-39?. The predicted octanol–water partition coefficient (Wildman–Crippen LogP) is 7.57. The van der Waals surface area contributed by atoms with Gasteiger partial charge in [0.1, 0.15) is 9.79 Å². The van der Waals surface area contributed by atoms with Gasteiger partial charge in [-0.15, -0.1) is 0 Å². The van der Waals surface area contributed by atoms with Crippen LogP contribution in [0, 0.1) is 12.3 Å². The molecular weight excluding hydrogens is 977 g/mol. The van der Waals surface area contributed by atoms with E-state index < -0.39 is 88.2 Å². The molecule has 69 heavy (non-hydrogen) atoms. The van der Waals surface area contributed by atoms with Crippen LogP contribution >= 0.6 is 0 Å². The number of carboxylic acids is 1. The van der Waals surface area contributed by atoms with Crippen molar-refractivity contribution < 1.29 is 71.3 Å². The molecule has 1 heterocycles. The summed E-state index contributed by atoms with van der Waals surface area (Å²) in [6, 6.07) is 9.59. The summed E-state index contributed by atoms with van der Waals surface area (Å²) in [5, 5.41) is 11.0. The minimum Gasteiger partial charge on any atom is -0.480 e. The van der Waals surface area contributed by atoms with Crippen LogP contribution in [0.25, 0.3) is 21.5 Å². The van der Waals surface area contributed by atoms with Crippen LogP contribution in [-0.2, 0) is 65.6 Å². The van der Waals surface area contributed by atoms with Crippen LogP contribution in [0.5, 0.6) is 0 Å². The van der Waals surface area contributed by atoms with Crippen molar-refractivity contribution >= 4 is 85.4 Å². The van der Waals surface area contributed by atoms with Crippen LogP contribution in [0.4, 0.5) is 5.69 Å². The number of fused-ring (bicyclic) bond motifs is 4. The number of esters is 1. The van der Waals surface area contributed by atoms with Gasteiger partial charge in [0, 0.05) is 51.8 Å². The third-order valence-corrected chi connectivity index (χ3v) is 16.1. The number of allylic oxidation sites excluding steroid dienone is 8. The summed E-state index contributed by atoms with van der Waals surface area (Å²) < 4.78 is 145. The number of carboxylic acid groups (broad SMARTS) is 1. The van der Waals surface area contributed by atoms with Crippen molar-refractivity contribution in [3.05, 3.63) is 112 Å². The number of aliphatic imine (C=N–C) groups is 1. The smallest absolute Gasteiger partial charge is 0.324 e. The number of carbonyl (C=O) groups excluding carboxylic acids is 1. The van der Waals surface area contributed by atoms with Gasteiger partial charge >= 0.3 is 11.9 Å². The van der Waals surface area contributed by atoms with Crippen molar-refractivity contribution in [3.8, 4) is 0 Å². The molecule has 0 saturated heterocycles. The highest BCUT2D eigenvalue weighted by Crippen LogP contribution is 2.52. The van der Waals surface area contributed by atoms with E-state index in [0.717, 1.165) is 12.1 Å². The monoisotopic (exact) mass is 1030 g/mol. The molecular formula is C47H52N2O16S4. The molecule has 4 aromatic carbocycles. The maximum atomic E-state index is 13.8. The quantitative estimate of drug-likeness (QED) is 0.0352. The Morgan fingerprint density at radius 2 is 1.32 bits per heavy atom. The Bertz CT molecular complexity index is 3490. The van der Waals surface area contributed by atoms with E-state index >= 15 is 0 Å². The van der Waals surface area contributed by atoms with Gasteiger partial charge in [-0.3, -0.25) is 32.8 Å². The van der Waals surface area contributed by atoms with Gasteiger partial charge in [-0.05, 0) is 122 Å². The maximum absolute atomic E-state index is 13.8. The van der Waals surface area contributed by atoms with Crippen molar-refractivity contribution in [2.75, 3.05) is 24.6 Å². The lowest BCUT2D eigenvalue weighted by molar-refractivity contribution is -0.168. The molecule has 4 aromatic rings. The summed E-state index contributed by atoms with van der Waals surface area (Å²) in [6.45, 7) is 14.3. The number of ether oxygens (including phenoxy) is 1. The lowest BCUT2D eigenvalue weighted by Gasteiger charge is -2.32. The van der Waals surface area contributed by atoms with Crippen LogP contribution in [0.2, 0.25) is 0 Å². The second kappa shape index (κ2) is 18.3. The van der Waals surface area contributed by atoms with Crippen LogP contribution in [0.1, 0.15) is 78.0 Å². The van der Waals surface area contributed by atoms with E-state index in [1.165, 1.54) is 19.1 Å². The number of hydrogen-bond acceptors (Lipinski definition) is 13. The van der Waals surface area contributed by atoms with Gasteiger partial charge in [0.25, 0.3) is 40.5 Å². The van der Waals surface area contributed by atoms with Gasteiger partial charge in [-0.2, -0.15) is 33.7 Å². The molecule has 2 aliphatic rings. The highest BCUT2D eigenvalue weighted by molar-refractivity contribution is 7.87. The predicted molar refractivity (Wildman–Crippen MR) is 258 cm³/mol. The lowest BCUT2D eigenvalue weighted by atomic mass is 9.71. The number of aliphatic carboxylic acids is 1. The van der Waals surface area contributed by atoms with Crippen molar-refractivity contribution in [2.45, 2.75) is 98.6 Å². The third kappa shape index (κ3) is 9.80. The summed E-state index contributed by atoms with van der Waals surface area (Å²) in [4.78, 5) is 30.6. The fourth-order valence-electron chi connectivity index (χ4n) is 9.61. The molecule has 1 atom stereocenters. The normalized spacial score (nSPS) is 19.4. The first kappa shape index (κ1) is 52.8. The molecule has 0 bridgehead atoms. The van der Waals surface area contributed by atoms with E-state index in [1.54, 1.807) is 84.1 Å². The fourth-order valence-corrected chi connectivity index (χ4v) is 12.3. The Morgan fingerprint density at radius 1 is 0.768 bits per heavy atom.